The molecule has 0 fully saturated rings. The molecular formula is C16H14N4O2S. The highest BCUT2D eigenvalue weighted by molar-refractivity contribution is 7.15. The Labute approximate surface area is 136 Å². The third-order valence-corrected chi connectivity index (χ3v) is 3.94. The molecule has 0 aliphatic rings. The lowest BCUT2D eigenvalue weighted by Crippen LogP contribution is -2.26. The number of rotatable bonds is 4. The van der Waals surface area contributed by atoms with Crippen molar-refractivity contribution in [3.05, 3.63) is 75.1 Å². The molecule has 0 aliphatic carbocycles. The molecule has 0 aliphatic heterocycles. The van der Waals surface area contributed by atoms with Crippen LogP contribution in [0, 0.1) is 6.92 Å². The van der Waals surface area contributed by atoms with E-state index >= 15 is 0 Å². The number of carbonyl (C=O) groups is 1. The fourth-order valence-corrected chi connectivity index (χ4v) is 2.67. The normalized spacial score (nSPS) is 10.5. The van der Waals surface area contributed by atoms with Gasteiger partial charge < -0.3 is 0 Å². The lowest BCUT2D eigenvalue weighted by molar-refractivity contribution is 0.102. The number of nitrogens with zero attached hydrogens (tertiary/aromatic N) is 3. The first kappa shape index (κ1) is 15.1. The van der Waals surface area contributed by atoms with Gasteiger partial charge in [-0.1, -0.05) is 30.3 Å². The molecule has 0 bridgehead atoms. The molecule has 0 spiro atoms. The monoisotopic (exact) mass is 326 g/mol. The standard InChI is InChI=1S/C16H14N4O2S/c1-11-9-17-16(23-11)18-15(22)13-7-8-14(21)20(19-13)10-12-5-3-2-4-6-12/h2-9H,10H2,1H3,(H,17,18,22). The maximum absolute atomic E-state index is 12.2. The highest BCUT2D eigenvalue weighted by Crippen LogP contribution is 2.16. The van der Waals surface area contributed by atoms with E-state index in [1.807, 2.05) is 37.3 Å². The number of hydrogen-bond acceptors (Lipinski definition) is 5. The molecular weight excluding hydrogens is 312 g/mol. The van der Waals surface area contributed by atoms with Crippen molar-refractivity contribution in [3.8, 4) is 0 Å². The Balaban J connectivity index is 1.82. The minimum Gasteiger partial charge on any atom is -0.296 e. The number of carbonyl (C=O) groups excluding carboxylic acids is 1. The van der Waals surface area contributed by atoms with Gasteiger partial charge in [0.2, 0.25) is 0 Å². The fourth-order valence-electron chi connectivity index (χ4n) is 2.01. The summed E-state index contributed by atoms with van der Waals surface area (Å²) >= 11 is 1.38. The van der Waals surface area contributed by atoms with Crippen molar-refractivity contribution in [2.75, 3.05) is 5.32 Å². The van der Waals surface area contributed by atoms with Crippen molar-refractivity contribution >= 4 is 22.4 Å². The van der Waals surface area contributed by atoms with Gasteiger partial charge in [0.1, 0.15) is 5.69 Å². The molecule has 0 radical (unpaired) electrons. The Morgan fingerprint density at radius 1 is 1.22 bits per heavy atom. The van der Waals surface area contributed by atoms with E-state index in [0.717, 1.165) is 10.4 Å². The number of amides is 1. The Morgan fingerprint density at radius 2 is 2.00 bits per heavy atom. The van der Waals surface area contributed by atoms with E-state index in [4.69, 9.17) is 0 Å². The van der Waals surface area contributed by atoms with Crippen molar-refractivity contribution in [2.45, 2.75) is 13.5 Å². The van der Waals surface area contributed by atoms with Crippen LogP contribution in [0.25, 0.3) is 0 Å². The largest absolute Gasteiger partial charge is 0.296 e. The van der Waals surface area contributed by atoms with Crippen LogP contribution in [0.1, 0.15) is 20.9 Å². The lowest BCUT2D eigenvalue weighted by atomic mass is 10.2. The molecule has 0 unspecified atom stereocenters. The zero-order valence-corrected chi connectivity index (χ0v) is 13.2. The highest BCUT2D eigenvalue weighted by atomic mass is 32.1. The predicted octanol–water partition coefficient (Wildman–Crippen LogP) is 2.31. The minimum atomic E-state index is -0.388. The Kier molecular flexibility index (Phi) is 4.29. The van der Waals surface area contributed by atoms with Crippen LogP contribution in [-0.4, -0.2) is 20.7 Å². The van der Waals surface area contributed by atoms with Crippen LogP contribution in [-0.2, 0) is 6.54 Å². The molecule has 116 valence electrons. The molecule has 0 saturated heterocycles. The van der Waals surface area contributed by atoms with Gasteiger partial charge in [0.25, 0.3) is 11.5 Å². The number of aryl methyl sites for hydroxylation is 1. The summed E-state index contributed by atoms with van der Waals surface area (Å²) in [4.78, 5) is 29.2. The summed E-state index contributed by atoms with van der Waals surface area (Å²) in [5.74, 6) is -0.388. The van der Waals surface area contributed by atoms with Gasteiger partial charge in [0, 0.05) is 17.1 Å². The Bertz CT molecular complexity index is 886. The first-order valence-corrected chi connectivity index (χ1v) is 7.79. The fraction of sp³-hybridized carbons (Fsp3) is 0.125. The molecule has 2 aromatic heterocycles. The van der Waals surface area contributed by atoms with Gasteiger partial charge in [0.05, 0.1) is 6.54 Å². The first-order valence-electron chi connectivity index (χ1n) is 6.98. The topological polar surface area (TPSA) is 76.9 Å². The van der Waals surface area contributed by atoms with Crippen LogP contribution in [0.5, 0.6) is 0 Å². The van der Waals surface area contributed by atoms with Crippen molar-refractivity contribution in [3.63, 3.8) is 0 Å². The van der Waals surface area contributed by atoms with Crippen molar-refractivity contribution in [2.24, 2.45) is 0 Å². The van der Waals surface area contributed by atoms with Crippen LogP contribution in [0.15, 0.2) is 53.5 Å². The van der Waals surface area contributed by atoms with Gasteiger partial charge in [-0.3, -0.25) is 14.9 Å². The molecule has 0 atom stereocenters. The SMILES string of the molecule is Cc1cnc(NC(=O)c2ccc(=O)n(Cc3ccccc3)n2)s1. The molecule has 6 nitrogen and oxygen atoms in total. The third-order valence-electron chi connectivity index (χ3n) is 3.12. The van der Waals surface area contributed by atoms with Gasteiger partial charge in [-0.05, 0) is 18.6 Å². The molecule has 7 heteroatoms. The van der Waals surface area contributed by atoms with Gasteiger partial charge in [-0.15, -0.1) is 11.3 Å². The molecule has 2 heterocycles. The van der Waals surface area contributed by atoms with E-state index in [-0.39, 0.29) is 17.2 Å². The number of hydrogen-bond donors (Lipinski definition) is 1. The van der Waals surface area contributed by atoms with E-state index in [1.54, 1.807) is 6.20 Å². The summed E-state index contributed by atoms with van der Waals surface area (Å²) in [7, 11) is 0. The second-order valence-corrected chi connectivity index (χ2v) is 6.17. The first-order chi connectivity index (χ1) is 11.1. The summed E-state index contributed by atoms with van der Waals surface area (Å²) in [5, 5.41) is 7.33. The Hall–Kier alpha value is -2.80. The molecule has 1 aromatic carbocycles. The molecule has 0 saturated carbocycles. The molecule has 3 rings (SSSR count). The van der Waals surface area contributed by atoms with Gasteiger partial charge in [-0.2, -0.15) is 5.10 Å². The number of aromatic nitrogens is 3. The minimum absolute atomic E-state index is 0.174. The lowest BCUT2D eigenvalue weighted by Gasteiger charge is -2.07. The summed E-state index contributed by atoms with van der Waals surface area (Å²) in [6, 6.07) is 12.2. The van der Waals surface area contributed by atoms with Gasteiger partial charge in [-0.25, -0.2) is 9.67 Å². The number of benzene rings is 1. The van der Waals surface area contributed by atoms with Crippen LogP contribution in [0.2, 0.25) is 0 Å². The summed E-state index contributed by atoms with van der Waals surface area (Å²) in [6.07, 6.45) is 1.68. The number of thiazole rings is 1. The summed E-state index contributed by atoms with van der Waals surface area (Å²) in [6.45, 7) is 2.22. The zero-order valence-electron chi connectivity index (χ0n) is 12.4. The number of anilines is 1. The van der Waals surface area contributed by atoms with Crippen molar-refractivity contribution < 1.29 is 4.79 Å². The van der Waals surface area contributed by atoms with Gasteiger partial charge >= 0.3 is 0 Å². The van der Waals surface area contributed by atoms with Crippen LogP contribution in [0.4, 0.5) is 5.13 Å². The second-order valence-electron chi connectivity index (χ2n) is 4.93. The van der Waals surface area contributed by atoms with E-state index in [9.17, 15) is 9.59 Å². The highest BCUT2D eigenvalue weighted by Gasteiger charge is 2.12. The average molecular weight is 326 g/mol. The zero-order chi connectivity index (χ0) is 16.2. The van der Waals surface area contributed by atoms with Crippen molar-refractivity contribution in [1.82, 2.24) is 14.8 Å². The smallest absolute Gasteiger partial charge is 0.277 e. The maximum atomic E-state index is 12.2. The maximum Gasteiger partial charge on any atom is 0.277 e. The van der Waals surface area contributed by atoms with Crippen LogP contribution < -0.4 is 10.9 Å². The quantitative estimate of drug-likeness (QED) is 0.798. The van der Waals surface area contributed by atoms with Crippen LogP contribution >= 0.6 is 11.3 Å². The molecule has 1 amide bonds. The summed E-state index contributed by atoms with van der Waals surface area (Å²) in [5.41, 5.74) is 0.860. The number of nitrogens with one attached hydrogen (secondary N) is 1. The van der Waals surface area contributed by atoms with E-state index < -0.39 is 0 Å². The second kappa shape index (κ2) is 6.53. The van der Waals surface area contributed by atoms with E-state index in [0.29, 0.717) is 11.7 Å². The van der Waals surface area contributed by atoms with E-state index in [2.05, 4.69) is 15.4 Å². The molecule has 1 N–H and O–H groups in total. The predicted molar refractivity (Wildman–Crippen MR) is 88.8 cm³/mol. The molecule has 3 aromatic rings. The third kappa shape index (κ3) is 3.70. The summed E-state index contributed by atoms with van der Waals surface area (Å²) < 4.78 is 1.28. The molecule has 23 heavy (non-hydrogen) atoms. The van der Waals surface area contributed by atoms with Gasteiger partial charge in [0.15, 0.2) is 5.13 Å². The Morgan fingerprint density at radius 3 is 2.70 bits per heavy atom. The van der Waals surface area contributed by atoms with Crippen molar-refractivity contribution in [1.29, 1.82) is 0 Å². The van der Waals surface area contributed by atoms with E-state index in [1.165, 1.54) is 28.2 Å². The average Bonchev–Trinajstić information content (AvgIpc) is 2.95. The van der Waals surface area contributed by atoms with Crippen LogP contribution in [0.3, 0.4) is 0 Å².